The molecule has 4 nitrogen and oxygen atoms in total. The van der Waals surface area contributed by atoms with Crippen molar-refractivity contribution in [3.8, 4) is 0 Å². The van der Waals surface area contributed by atoms with Crippen LogP contribution in [0.5, 0.6) is 0 Å². The Morgan fingerprint density at radius 2 is 1.79 bits per heavy atom. The predicted molar refractivity (Wildman–Crippen MR) is 118 cm³/mol. The molecule has 0 saturated carbocycles. The Morgan fingerprint density at radius 1 is 1.11 bits per heavy atom. The first kappa shape index (κ1) is 20.7. The lowest BCUT2D eigenvalue weighted by molar-refractivity contribution is -0.914. The van der Waals surface area contributed by atoms with Crippen molar-refractivity contribution in [3.63, 3.8) is 0 Å². The molecule has 28 heavy (non-hydrogen) atoms. The Labute approximate surface area is 173 Å². The number of amides is 1. The van der Waals surface area contributed by atoms with Gasteiger partial charge in [0.1, 0.15) is 0 Å². The molecule has 150 valence electrons. The van der Waals surface area contributed by atoms with Crippen molar-refractivity contribution in [2.24, 2.45) is 0 Å². The standard InChI is InChI=1S/C23H30ClN3O/c1-16(2)21-10-5-7-17(3)22(21)25-23(28)18(4)26-11-13-27(14-12-26)20-9-6-8-19(24)15-20/h5-10,15-16,18H,11-14H2,1-4H3,(H,25,28)/p+1/t18-/m1/s1. The van der Waals surface area contributed by atoms with Crippen molar-refractivity contribution in [2.75, 3.05) is 36.4 Å². The SMILES string of the molecule is Cc1cccc(C(C)C)c1NC(=O)[C@@H](C)[NH+]1CCN(c2cccc(Cl)c2)CC1. The van der Waals surface area contributed by atoms with Crippen molar-refractivity contribution in [2.45, 2.75) is 39.7 Å². The van der Waals surface area contributed by atoms with E-state index in [1.807, 2.05) is 25.1 Å². The molecule has 1 aliphatic rings. The van der Waals surface area contributed by atoms with Crippen molar-refractivity contribution >= 4 is 28.9 Å². The maximum Gasteiger partial charge on any atom is 0.282 e. The summed E-state index contributed by atoms with van der Waals surface area (Å²) in [5.74, 6) is 0.474. The van der Waals surface area contributed by atoms with E-state index < -0.39 is 0 Å². The van der Waals surface area contributed by atoms with Gasteiger partial charge >= 0.3 is 0 Å². The van der Waals surface area contributed by atoms with Gasteiger partial charge in [-0.3, -0.25) is 4.79 Å². The summed E-state index contributed by atoms with van der Waals surface area (Å²) >= 11 is 6.12. The zero-order valence-electron chi connectivity index (χ0n) is 17.3. The van der Waals surface area contributed by atoms with Gasteiger partial charge < -0.3 is 15.1 Å². The van der Waals surface area contributed by atoms with Gasteiger partial charge in [0.25, 0.3) is 5.91 Å². The van der Waals surface area contributed by atoms with E-state index in [0.29, 0.717) is 5.92 Å². The molecule has 1 aliphatic heterocycles. The third-order valence-corrected chi connectivity index (χ3v) is 6.00. The third-order valence-electron chi connectivity index (χ3n) is 5.76. The van der Waals surface area contributed by atoms with Gasteiger partial charge in [-0.1, -0.05) is 49.7 Å². The molecule has 0 bridgehead atoms. The van der Waals surface area contributed by atoms with Gasteiger partial charge in [-0.25, -0.2) is 0 Å². The zero-order chi connectivity index (χ0) is 20.3. The van der Waals surface area contributed by atoms with E-state index in [1.54, 1.807) is 0 Å². The fourth-order valence-corrected chi connectivity index (χ4v) is 4.10. The van der Waals surface area contributed by atoms with Crippen LogP contribution in [0.2, 0.25) is 5.02 Å². The monoisotopic (exact) mass is 400 g/mol. The van der Waals surface area contributed by atoms with E-state index in [2.05, 4.69) is 55.3 Å². The molecule has 1 atom stereocenters. The highest BCUT2D eigenvalue weighted by Crippen LogP contribution is 2.27. The lowest BCUT2D eigenvalue weighted by atomic mass is 9.98. The summed E-state index contributed by atoms with van der Waals surface area (Å²) < 4.78 is 0. The fraction of sp³-hybridized carbons (Fsp3) is 0.435. The molecular weight excluding hydrogens is 370 g/mol. The van der Waals surface area contributed by atoms with Gasteiger partial charge in [0, 0.05) is 16.4 Å². The Morgan fingerprint density at radius 3 is 2.43 bits per heavy atom. The second-order valence-electron chi connectivity index (χ2n) is 8.03. The minimum atomic E-state index is -0.0823. The Kier molecular flexibility index (Phi) is 6.63. The second-order valence-corrected chi connectivity index (χ2v) is 8.47. The number of carbonyl (C=O) groups excluding carboxylic acids is 1. The van der Waals surface area contributed by atoms with Crippen LogP contribution in [0.15, 0.2) is 42.5 Å². The number of para-hydroxylation sites is 1. The minimum Gasteiger partial charge on any atom is -0.360 e. The number of piperazine rings is 1. The molecule has 0 radical (unpaired) electrons. The van der Waals surface area contributed by atoms with E-state index in [4.69, 9.17) is 11.6 Å². The summed E-state index contributed by atoms with van der Waals surface area (Å²) in [6.45, 7) is 12.1. The van der Waals surface area contributed by atoms with Crippen LogP contribution in [0.4, 0.5) is 11.4 Å². The summed E-state index contributed by atoms with van der Waals surface area (Å²) in [6, 6.07) is 14.1. The Balaban J connectivity index is 1.63. The second kappa shape index (κ2) is 8.97. The number of nitrogens with one attached hydrogen (secondary N) is 2. The summed E-state index contributed by atoms with van der Waals surface area (Å²) in [4.78, 5) is 16.6. The number of hydrogen-bond acceptors (Lipinski definition) is 2. The number of benzene rings is 2. The highest BCUT2D eigenvalue weighted by Gasteiger charge is 2.30. The number of carbonyl (C=O) groups is 1. The topological polar surface area (TPSA) is 36.8 Å². The van der Waals surface area contributed by atoms with Crippen LogP contribution in [-0.2, 0) is 4.79 Å². The molecule has 5 heteroatoms. The van der Waals surface area contributed by atoms with Crippen LogP contribution in [0.1, 0.15) is 37.8 Å². The van der Waals surface area contributed by atoms with Crippen LogP contribution >= 0.6 is 11.6 Å². The lowest BCUT2D eigenvalue weighted by Gasteiger charge is -2.36. The summed E-state index contributed by atoms with van der Waals surface area (Å²) in [6.07, 6.45) is 0. The number of rotatable bonds is 5. The average Bonchev–Trinajstić information content (AvgIpc) is 2.68. The third kappa shape index (κ3) is 4.68. The van der Waals surface area contributed by atoms with Gasteiger partial charge in [0.15, 0.2) is 6.04 Å². The quantitative estimate of drug-likeness (QED) is 0.805. The number of anilines is 2. The van der Waals surface area contributed by atoms with Crippen molar-refractivity contribution in [1.82, 2.24) is 0 Å². The number of quaternary nitrogens is 1. The van der Waals surface area contributed by atoms with E-state index in [-0.39, 0.29) is 11.9 Å². The Bertz CT molecular complexity index is 828. The molecule has 0 unspecified atom stereocenters. The maximum absolute atomic E-state index is 13.0. The minimum absolute atomic E-state index is 0.0823. The molecule has 2 aromatic carbocycles. The molecule has 1 saturated heterocycles. The predicted octanol–water partition coefficient (Wildman–Crippen LogP) is 3.50. The van der Waals surface area contributed by atoms with Crippen LogP contribution in [0.25, 0.3) is 0 Å². The van der Waals surface area contributed by atoms with Crippen molar-refractivity contribution in [3.05, 3.63) is 58.6 Å². The van der Waals surface area contributed by atoms with Crippen LogP contribution in [0, 0.1) is 6.92 Å². The number of nitrogens with zero attached hydrogens (tertiary/aromatic N) is 1. The highest BCUT2D eigenvalue weighted by atomic mass is 35.5. The molecule has 0 aromatic heterocycles. The van der Waals surface area contributed by atoms with Gasteiger partial charge in [-0.2, -0.15) is 0 Å². The van der Waals surface area contributed by atoms with Gasteiger partial charge in [-0.05, 0) is 49.1 Å². The average molecular weight is 401 g/mol. The smallest absolute Gasteiger partial charge is 0.282 e. The van der Waals surface area contributed by atoms with E-state index in [9.17, 15) is 4.79 Å². The first-order valence-corrected chi connectivity index (χ1v) is 10.5. The molecular formula is C23H31ClN3O+. The molecule has 1 heterocycles. The molecule has 0 aliphatic carbocycles. The van der Waals surface area contributed by atoms with E-state index in [1.165, 1.54) is 10.5 Å². The van der Waals surface area contributed by atoms with Crippen molar-refractivity contribution < 1.29 is 9.69 Å². The lowest BCUT2D eigenvalue weighted by Crippen LogP contribution is -3.19. The molecule has 0 spiro atoms. The fourth-order valence-electron chi connectivity index (χ4n) is 3.92. The Hall–Kier alpha value is -2.04. The van der Waals surface area contributed by atoms with Crippen molar-refractivity contribution in [1.29, 1.82) is 0 Å². The molecule has 2 aromatic rings. The molecule has 3 rings (SSSR count). The van der Waals surface area contributed by atoms with Gasteiger partial charge in [0.2, 0.25) is 0 Å². The zero-order valence-corrected chi connectivity index (χ0v) is 18.0. The van der Waals surface area contributed by atoms with E-state index in [0.717, 1.165) is 48.1 Å². The summed E-state index contributed by atoms with van der Waals surface area (Å²) in [5.41, 5.74) is 4.45. The van der Waals surface area contributed by atoms with Crippen LogP contribution in [0.3, 0.4) is 0 Å². The summed E-state index contributed by atoms with van der Waals surface area (Å²) in [5, 5.41) is 3.98. The molecule has 1 fully saturated rings. The largest absolute Gasteiger partial charge is 0.360 e. The normalized spacial score (nSPS) is 16.3. The number of aryl methyl sites for hydroxylation is 1. The number of halogens is 1. The van der Waals surface area contributed by atoms with Gasteiger partial charge in [-0.15, -0.1) is 0 Å². The highest BCUT2D eigenvalue weighted by molar-refractivity contribution is 6.30. The number of hydrogen-bond donors (Lipinski definition) is 2. The van der Waals surface area contributed by atoms with Crippen LogP contribution < -0.4 is 15.1 Å². The van der Waals surface area contributed by atoms with Gasteiger partial charge in [0.05, 0.1) is 26.2 Å². The van der Waals surface area contributed by atoms with Crippen LogP contribution in [-0.4, -0.2) is 38.1 Å². The summed E-state index contributed by atoms with van der Waals surface area (Å²) in [7, 11) is 0. The molecule has 2 N–H and O–H groups in total. The first-order chi connectivity index (χ1) is 13.4. The molecule has 1 amide bonds. The first-order valence-electron chi connectivity index (χ1n) is 10.1. The maximum atomic E-state index is 13.0. The van der Waals surface area contributed by atoms with E-state index >= 15 is 0 Å².